The first-order valence-corrected chi connectivity index (χ1v) is 9.43. The summed E-state index contributed by atoms with van der Waals surface area (Å²) >= 11 is 1.29. The summed E-state index contributed by atoms with van der Waals surface area (Å²) in [4.78, 5) is 23.4. The third-order valence-corrected chi connectivity index (χ3v) is 4.51. The number of hydrogen-bond donors (Lipinski definition) is 2. The van der Waals surface area contributed by atoms with Crippen LogP contribution < -0.4 is 14.2 Å². The van der Waals surface area contributed by atoms with Gasteiger partial charge in [-0.3, -0.25) is 4.79 Å². The second-order valence-electron chi connectivity index (χ2n) is 5.44. The van der Waals surface area contributed by atoms with Gasteiger partial charge in [0.1, 0.15) is 5.56 Å². The van der Waals surface area contributed by atoms with Gasteiger partial charge in [-0.2, -0.15) is 0 Å². The van der Waals surface area contributed by atoms with Crippen molar-refractivity contribution in [3.8, 4) is 28.4 Å². The largest absolute Gasteiger partial charge is 0.489 e. The summed E-state index contributed by atoms with van der Waals surface area (Å²) in [6, 6.07) is 3.20. The van der Waals surface area contributed by atoms with Crippen molar-refractivity contribution >= 4 is 23.3 Å². The van der Waals surface area contributed by atoms with E-state index in [1.807, 2.05) is 6.92 Å². The molecule has 27 heavy (non-hydrogen) atoms. The molecule has 0 unspecified atom stereocenters. The van der Waals surface area contributed by atoms with E-state index in [4.69, 9.17) is 19.3 Å². The molecule has 0 bridgehead atoms. The molecule has 2 N–H and O–H groups in total. The molecule has 8 heteroatoms. The van der Waals surface area contributed by atoms with Crippen molar-refractivity contribution in [2.75, 3.05) is 19.8 Å². The first-order valence-electron chi connectivity index (χ1n) is 8.55. The second-order valence-corrected chi connectivity index (χ2v) is 6.43. The summed E-state index contributed by atoms with van der Waals surface area (Å²) in [5.74, 6) is -1.33. The van der Waals surface area contributed by atoms with Gasteiger partial charge in [-0.25, -0.2) is 4.79 Å². The Kier molecular flexibility index (Phi) is 7.06. The topological polar surface area (TPSA) is 102 Å². The summed E-state index contributed by atoms with van der Waals surface area (Å²) < 4.78 is 17.0. The molecule has 0 amide bonds. The Bertz CT molecular complexity index is 826. The normalized spacial score (nSPS) is 10.5. The Morgan fingerprint density at radius 2 is 1.52 bits per heavy atom. The highest BCUT2D eigenvalue weighted by molar-refractivity contribution is 7.10. The third-order valence-electron chi connectivity index (χ3n) is 3.58. The molecule has 1 heterocycles. The molecule has 0 spiro atoms. The van der Waals surface area contributed by atoms with Crippen LogP contribution in [0.1, 0.15) is 36.0 Å². The van der Waals surface area contributed by atoms with Gasteiger partial charge in [0.05, 0.1) is 26.2 Å². The number of ether oxygens (including phenoxy) is 3. The summed E-state index contributed by atoms with van der Waals surface area (Å²) in [7, 11) is 0. The van der Waals surface area contributed by atoms with Gasteiger partial charge in [0.25, 0.3) is 0 Å². The number of thiophene rings is 1. The lowest BCUT2D eigenvalue weighted by molar-refractivity contribution is -0.136. The van der Waals surface area contributed by atoms with Crippen molar-refractivity contribution < 1.29 is 34.0 Å². The van der Waals surface area contributed by atoms with Crippen LogP contribution in [-0.4, -0.2) is 42.0 Å². The first kappa shape index (κ1) is 20.6. The third kappa shape index (κ3) is 4.71. The minimum absolute atomic E-state index is 0.0373. The number of carboxylic acids is 2. The summed E-state index contributed by atoms with van der Waals surface area (Å²) in [5, 5.41) is 20.4. The minimum atomic E-state index is -1.15. The Balaban J connectivity index is 2.72. The molecule has 1 aromatic carbocycles. The van der Waals surface area contributed by atoms with Crippen LogP contribution in [0.15, 0.2) is 17.5 Å². The zero-order valence-electron chi connectivity index (χ0n) is 15.4. The monoisotopic (exact) mass is 394 g/mol. The van der Waals surface area contributed by atoms with Gasteiger partial charge >= 0.3 is 11.9 Å². The SMILES string of the molecule is CCOc1c(C(=O)O)cc(-c2csc(CC(=O)O)c2)c(OCC)c1OCC. The van der Waals surface area contributed by atoms with E-state index in [2.05, 4.69) is 0 Å². The predicted octanol–water partition coefficient (Wildman–Crippen LogP) is 3.94. The number of carboxylic acid groups (broad SMARTS) is 2. The molecule has 0 radical (unpaired) electrons. The van der Waals surface area contributed by atoms with Gasteiger partial charge in [0, 0.05) is 10.4 Å². The molecular weight excluding hydrogens is 372 g/mol. The maximum atomic E-state index is 11.8. The fourth-order valence-electron chi connectivity index (χ4n) is 2.61. The lowest BCUT2D eigenvalue weighted by Gasteiger charge is -2.20. The highest BCUT2D eigenvalue weighted by Crippen LogP contribution is 2.48. The fourth-order valence-corrected chi connectivity index (χ4v) is 3.49. The first-order chi connectivity index (χ1) is 12.9. The van der Waals surface area contributed by atoms with E-state index in [0.29, 0.717) is 35.0 Å². The van der Waals surface area contributed by atoms with Crippen molar-refractivity contribution in [2.45, 2.75) is 27.2 Å². The standard InChI is InChI=1S/C19H22O7S/c1-4-24-16-13(11-7-12(27-10-11)8-15(20)21)9-14(19(22)23)17(25-5-2)18(16)26-6-3/h7,9-10H,4-6,8H2,1-3H3,(H,20,21)(H,22,23). The van der Waals surface area contributed by atoms with Crippen molar-refractivity contribution in [1.82, 2.24) is 0 Å². The zero-order chi connectivity index (χ0) is 20.0. The van der Waals surface area contributed by atoms with Crippen LogP contribution in [0.5, 0.6) is 17.2 Å². The highest BCUT2D eigenvalue weighted by Gasteiger charge is 2.26. The van der Waals surface area contributed by atoms with E-state index < -0.39 is 11.9 Å². The van der Waals surface area contributed by atoms with E-state index in [1.54, 1.807) is 25.3 Å². The van der Waals surface area contributed by atoms with Crippen molar-refractivity contribution in [3.05, 3.63) is 28.0 Å². The number of aromatic carboxylic acids is 1. The Labute approximate surface area is 161 Å². The average Bonchev–Trinajstić information content (AvgIpc) is 3.05. The van der Waals surface area contributed by atoms with Crippen LogP contribution in [0.4, 0.5) is 0 Å². The Morgan fingerprint density at radius 3 is 2.07 bits per heavy atom. The molecule has 2 aromatic rings. The number of rotatable bonds is 10. The zero-order valence-corrected chi connectivity index (χ0v) is 16.2. The maximum absolute atomic E-state index is 11.8. The summed E-state index contributed by atoms with van der Waals surface area (Å²) in [6.45, 7) is 6.27. The smallest absolute Gasteiger partial charge is 0.339 e. The lowest BCUT2D eigenvalue weighted by Crippen LogP contribution is -2.09. The van der Waals surface area contributed by atoms with E-state index in [-0.39, 0.29) is 30.1 Å². The molecular formula is C19H22O7S. The maximum Gasteiger partial charge on any atom is 0.339 e. The van der Waals surface area contributed by atoms with Gasteiger partial charge in [-0.1, -0.05) is 0 Å². The molecule has 0 atom stereocenters. The molecule has 146 valence electrons. The van der Waals surface area contributed by atoms with Gasteiger partial charge in [-0.05, 0) is 43.8 Å². The number of carbonyl (C=O) groups is 2. The average molecular weight is 394 g/mol. The summed E-state index contributed by atoms with van der Waals surface area (Å²) in [6.07, 6.45) is -0.101. The van der Waals surface area contributed by atoms with Gasteiger partial charge in [-0.15, -0.1) is 11.3 Å². The van der Waals surface area contributed by atoms with Crippen LogP contribution in [0, 0.1) is 0 Å². The van der Waals surface area contributed by atoms with Crippen LogP contribution in [0.25, 0.3) is 11.1 Å². The van der Waals surface area contributed by atoms with Gasteiger partial charge in [0.2, 0.25) is 5.75 Å². The molecule has 0 aliphatic rings. The number of benzene rings is 1. The van der Waals surface area contributed by atoms with Crippen molar-refractivity contribution in [1.29, 1.82) is 0 Å². The van der Waals surface area contributed by atoms with Gasteiger partial charge in [0.15, 0.2) is 11.5 Å². The van der Waals surface area contributed by atoms with Gasteiger partial charge < -0.3 is 24.4 Å². The molecule has 0 saturated carbocycles. The quantitative estimate of drug-likeness (QED) is 0.629. The van der Waals surface area contributed by atoms with Crippen molar-refractivity contribution in [2.24, 2.45) is 0 Å². The van der Waals surface area contributed by atoms with E-state index in [1.165, 1.54) is 17.4 Å². The Hall–Kier alpha value is -2.74. The van der Waals surface area contributed by atoms with Crippen molar-refractivity contribution in [3.63, 3.8) is 0 Å². The molecule has 0 aliphatic carbocycles. The molecule has 7 nitrogen and oxygen atoms in total. The van der Waals surface area contributed by atoms with E-state index in [0.717, 1.165) is 0 Å². The van der Waals surface area contributed by atoms with E-state index >= 15 is 0 Å². The number of aliphatic carboxylic acids is 1. The minimum Gasteiger partial charge on any atom is -0.489 e. The molecule has 2 rings (SSSR count). The van der Waals surface area contributed by atoms with E-state index in [9.17, 15) is 14.7 Å². The predicted molar refractivity (Wildman–Crippen MR) is 102 cm³/mol. The second kappa shape index (κ2) is 9.27. The number of hydrogen-bond acceptors (Lipinski definition) is 6. The molecule has 0 saturated heterocycles. The lowest BCUT2D eigenvalue weighted by atomic mass is 10.0. The Morgan fingerprint density at radius 1 is 0.926 bits per heavy atom. The highest BCUT2D eigenvalue weighted by atomic mass is 32.1. The van der Waals surface area contributed by atoms with Crippen LogP contribution in [-0.2, 0) is 11.2 Å². The molecule has 0 fully saturated rings. The van der Waals surface area contributed by atoms with Crippen LogP contribution >= 0.6 is 11.3 Å². The van der Waals surface area contributed by atoms with Crippen LogP contribution in [0.3, 0.4) is 0 Å². The molecule has 1 aromatic heterocycles. The fraction of sp³-hybridized carbons (Fsp3) is 0.368. The van der Waals surface area contributed by atoms with Crippen LogP contribution in [0.2, 0.25) is 0 Å². The molecule has 0 aliphatic heterocycles. The summed E-state index contributed by atoms with van der Waals surface area (Å²) in [5.41, 5.74) is 1.16.